The van der Waals surface area contributed by atoms with Crippen molar-refractivity contribution in [2.24, 2.45) is 5.73 Å². The van der Waals surface area contributed by atoms with Crippen LogP contribution in [0.15, 0.2) is 89.2 Å². The lowest BCUT2D eigenvalue weighted by Crippen LogP contribution is -2.13. The Hall–Kier alpha value is -2.23. The number of thioether (sulfide) groups is 1. The van der Waals surface area contributed by atoms with Gasteiger partial charge in [0.1, 0.15) is 0 Å². The first-order valence-corrected chi connectivity index (χ1v) is 10.7. The number of hydrogen-bond acceptors (Lipinski definition) is 3. The van der Waals surface area contributed by atoms with Gasteiger partial charge >= 0.3 is 0 Å². The topological polar surface area (TPSA) is 38.0 Å². The van der Waals surface area contributed by atoms with E-state index in [9.17, 15) is 0 Å². The van der Waals surface area contributed by atoms with Crippen LogP contribution in [-0.2, 0) is 0 Å². The van der Waals surface area contributed by atoms with Gasteiger partial charge in [0.2, 0.25) is 0 Å². The number of rotatable bonds is 9. The van der Waals surface area contributed by atoms with Crippen LogP contribution in [0.5, 0.6) is 0 Å². The summed E-state index contributed by atoms with van der Waals surface area (Å²) < 4.78 is 0. The fourth-order valence-electron chi connectivity index (χ4n) is 3.06. The van der Waals surface area contributed by atoms with Gasteiger partial charge in [0.25, 0.3) is 0 Å². The standard InChI is InChI=1S/C25H32N2S/c1-6-22(23-13-12-19(4)25(16-23)28-17-26)15-24(18(2)3)27-20(5)14-21-10-8-7-9-11-21/h6,8,10-13,15-16,27H,2,5,7,9,14,17,26H2,1,3-4H3/b22-6+,24-15+. The number of nitrogens with one attached hydrogen (secondary N) is 1. The lowest BCUT2D eigenvalue weighted by atomic mass is 10.0. The second-order valence-corrected chi connectivity index (χ2v) is 8.10. The van der Waals surface area contributed by atoms with E-state index in [0.29, 0.717) is 5.88 Å². The average Bonchev–Trinajstić information content (AvgIpc) is 2.67. The third-order valence-electron chi connectivity index (χ3n) is 4.63. The zero-order chi connectivity index (χ0) is 20.5. The highest BCUT2D eigenvalue weighted by Gasteiger charge is 2.08. The van der Waals surface area contributed by atoms with E-state index >= 15 is 0 Å². The minimum Gasteiger partial charge on any atom is -0.359 e. The molecule has 0 fully saturated rings. The number of benzene rings is 1. The molecule has 3 heteroatoms. The molecule has 0 saturated carbocycles. The SMILES string of the molecule is C=C(CC1=CCCC=C1)N/C(=C/C(=C\C)c1ccc(C)c(SCN)c1)C(=C)C. The fraction of sp³-hybridized carbons (Fsp3) is 0.280. The molecule has 0 spiro atoms. The third kappa shape index (κ3) is 6.43. The maximum atomic E-state index is 5.74. The van der Waals surface area contributed by atoms with Crippen LogP contribution in [0.1, 0.15) is 44.2 Å². The van der Waals surface area contributed by atoms with Crippen molar-refractivity contribution in [1.29, 1.82) is 0 Å². The van der Waals surface area contributed by atoms with Crippen LogP contribution in [0.25, 0.3) is 5.57 Å². The summed E-state index contributed by atoms with van der Waals surface area (Å²) in [7, 11) is 0. The number of aryl methyl sites for hydroxylation is 1. The van der Waals surface area contributed by atoms with Crippen LogP contribution in [0.2, 0.25) is 0 Å². The molecule has 1 aromatic rings. The van der Waals surface area contributed by atoms with Crippen molar-refractivity contribution in [3.8, 4) is 0 Å². The van der Waals surface area contributed by atoms with Gasteiger partial charge in [-0.25, -0.2) is 0 Å². The predicted octanol–water partition coefficient (Wildman–Crippen LogP) is 6.64. The predicted molar refractivity (Wildman–Crippen MR) is 126 cm³/mol. The molecule has 148 valence electrons. The molecule has 0 radical (unpaired) electrons. The van der Waals surface area contributed by atoms with Crippen LogP contribution in [0, 0.1) is 6.92 Å². The average molecular weight is 393 g/mol. The molecule has 0 aliphatic heterocycles. The van der Waals surface area contributed by atoms with E-state index in [2.05, 4.69) is 80.9 Å². The second-order valence-electron chi connectivity index (χ2n) is 7.04. The molecular weight excluding hydrogens is 360 g/mol. The molecule has 0 unspecified atom stereocenters. The van der Waals surface area contributed by atoms with Crippen molar-refractivity contribution in [2.75, 3.05) is 5.88 Å². The van der Waals surface area contributed by atoms with Crippen molar-refractivity contribution in [3.05, 3.63) is 95.4 Å². The zero-order valence-electron chi connectivity index (χ0n) is 17.3. The van der Waals surface area contributed by atoms with E-state index in [4.69, 9.17) is 5.73 Å². The summed E-state index contributed by atoms with van der Waals surface area (Å²) in [4.78, 5) is 1.22. The van der Waals surface area contributed by atoms with E-state index in [1.54, 1.807) is 11.8 Å². The van der Waals surface area contributed by atoms with E-state index in [0.717, 1.165) is 41.8 Å². The molecule has 2 rings (SSSR count). The summed E-state index contributed by atoms with van der Waals surface area (Å²) in [6, 6.07) is 6.52. The number of nitrogens with two attached hydrogens (primary N) is 1. The van der Waals surface area contributed by atoms with E-state index in [1.165, 1.54) is 21.6 Å². The smallest absolute Gasteiger partial charge is 0.0440 e. The second kappa shape index (κ2) is 10.9. The first kappa shape index (κ1) is 22.1. The Morgan fingerprint density at radius 1 is 1.29 bits per heavy atom. The van der Waals surface area contributed by atoms with Gasteiger partial charge in [0.15, 0.2) is 0 Å². The van der Waals surface area contributed by atoms with Gasteiger partial charge in [-0.05, 0) is 73.6 Å². The van der Waals surface area contributed by atoms with Crippen molar-refractivity contribution in [2.45, 2.75) is 44.9 Å². The molecule has 1 aliphatic carbocycles. The monoisotopic (exact) mass is 392 g/mol. The highest BCUT2D eigenvalue weighted by atomic mass is 32.2. The van der Waals surface area contributed by atoms with Crippen LogP contribution in [0.4, 0.5) is 0 Å². The van der Waals surface area contributed by atoms with Crippen molar-refractivity contribution >= 4 is 17.3 Å². The van der Waals surface area contributed by atoms with Gasteiger partial charge in [-0.15, -0.1) is 11.8 Å². The molecule has 3 N–H and O–H groups in total. The lowest BCUT2D eigenvalue weighted by molar-refractivity contribution is 0.908. The molecule has 0 aromatic heterocycles. The molecule has 0 atom stereocenters. The Morgan fingerprint density at radius 3 is 2.68 bits per heavy atom. The quantitative estimate of drug-likeness (QED) is 0.281. The molecule has 0 saturated heterocycles. The van der Waals surface area contributed by atoms with Crippen LogP contribution >= 0.6 is 11.8 Å². The molecule has 0 heterocycles. The summed E-state index contributed by atoms with van der Waals surface area (Å²) in [5.74, 6) is 0.577. The molecule has 1 aromatic carbocycles. The highest BCUT2D eigenvalue weighted by molar-refractivity contribution is 7.99. The number of hydrogen-bond donors (Lipinski definition) is 2. The van der Waals surface area contributed by atoms with Crippen molar-refractivity contribution in [3.63, 3.8) is 0 Å². The van der Waals surface area contributed by atoms with Crippen LogP contribution in [-0.4, -0.2) is 5.88 Å². The van der Waals surface area contributed by atoms with Crippen LogP contribution in [0.3, 0.4) is 0 Å². The summed E-state index contributed by atoms with van der Waals surface area (Å²) in [5, 5.41) is 3.48. The summed E-state index contributed by atoms with van der Waals surface area (Å²) in [6.07, 6.45) is 14.1. The molecule has 2 nitrogen and oxygen atoms in total. The lowest BCUT2D eigenvalue weighted by Gasteiger charge is -2.16. The minimum atomic E-state index is 0.577. The Labute approximate surface area is 174 Å². The van der Waals surface area contributed by atoms with Crippen molar-refractivity contribution < 1.29 is 0 Å². The van der Waals surface area contributed by atoms with E-state index in [-0.39, 0.29) is 0 Å². The number of allylic oxidation sites excluding steroid dienone is 8. The van der Waals surface area contributed by atoms with Crippen LogP contribution < -0.4 is 11.1 Å². The molecule has 28 heavy (non-hydrogen) atoms. The van der Waals surface area contributed by atoms with E-state index in [1.807, 2.05) is 6.92 Å². The maximum Gasteiger partial charge on any atom is 0.0440 e. The van der Waals surface area contributed by atoms with E-state index < -0.39 is 0 Å². The normalized spacial score (nSPS) is 14.6. The van der Waals surface area contributed by atoms with Gasteiger partial charge in [-0.1, -0.05) is 49.6 Å². The Bertz CT molecular complexity index is 853. The summed E-state index contributed by atoms with van der Waals surface area (Å²) in [5.41, 5.74) is 13.6. The minimum absolute atomic E-state index is 0.577. The maximum absolute atomic E-state index is 5.74. The first-order valence-electron chi connectivity index (χ1n) is 9.72. The third-order valence-corrected chi connectivity index (χ3v) is 5.55. The molecule has 0 amide bonds. The van der Waals surface area contributed by atoms with Gasteiger partial charge < -0.3 is 11.1 Å². The Morgan fingerprint density at radius 2 is 2.07 bits per heavy atom. The summed E-state index contributed by atoms with van der Waals surface area (Å²) >= 11 is 1.67. The molecule has 0 bridgehead atoms. The Balaban J connectivity index is 2.22. The molecular formula is C25H32N2S. The summed E-state index contributed by atoms with van der Waals surface area (Å²) in [6.45, 7) is 14.6. The largest absolute Gasteiger partial charge is 0.359 e. The zero-order valence-corrected chi connectivity index (χ0v) is 18.2. The fourth-order valence-corrected chi connectivity index (χ4v) is 3.75. The van der Waals surface area contributed by atoms with Gasteiger partial charge in [-0.2, -0.15) is 0 Å². The van der Waals surface area contributed by atoms with Gasteiger partial charge in [0, 0.05) is 28.6 Å². The van der Waals surface area contributed by atoms with Gasteiger partial charge in [-0.3, -0.25) is 0 Å². The van der Waals surface area contributed by atoms with Crippen molar-refractivity contribution in [1.82, 2.24) is 5.32 Å². The first-order chi connectivity index (χ1) is 13.4. The van der Waals surface area contributed by atoms with Gasteiger partial charge in [0.05, 0.1) is 0 Å². The molecule has 1 aliphatic rings. The Kier molecular flexibility index (Phi) is 8.62. The highest BCUT2D eigenvalue weighted by Crippen LogP contribution is 2.27.